The lowest BCUT2D eigenvalue weighted by Crippen LogP contribution is -2.47. The SMILES string of the molecule is CCCCN1C(=O)C[C@](C(=O)OC)([C@@H](C[N+](=O)[O-])c2ccc3ccccc3c2)C1=O. The number of likely N-dealkylation sites (tertiary alicyclic amines) is 1. The predicted molar refractivity (Wildman–Crippen MR) is 109 cm³/mol. The maximum atomic E-state index is 13.4. The fraction of sp³-hybridized carbons (Fsp3) is 0.409. The summed E-state index contributed by atoms with van der Waals surface area (Å²) in [5.41, 5.74) is -1.50. The molecule has 1 saturated heterocycles. The predicted octanol–water partition coefficient (Wildman–Crippen LogP) is 2.92. The van der Waals surface area contributed by atoms with Gasteiger partial charge in [0.1, 0.15) is 0 Å². The standard InChI is InChI=1S/C22H24N2O6/c1-3-4-11-23-19(25)13-22(20(23)26,21(27)30-2)18(14-24(28)29)17-10-9-15-7-5-6-8-16(15)12-17/h5-10,12,18H,3-4,11,13-14H2,1-2H3/t18-,22-/m0/s1. The highest BCUT2D eigenvalue weighted by molar-refractivity contribution is 6.17. The number of ether oxygens (including phenoxy) is 1. The quantitative estimate of drug-likeness (QED) is 0.217. The lowest BCUT2D eigenvalue weighted by Gasteiger charge is -2.30. The Balaban J connectivity index is 2.16. The fourth-order valence-corrected chi connectivity index (χ4v) is 4.18. The number of imide groups is 1. The first-order valence-corrected chi connectivity index (χ1v) is 9.88. The number of esters is 1. The van der Waals surface area contributed by atoms with Crippen molar-refractivity contribution in [2.45, 2.75) is 32.1 Å². The van der Waals surface area contributed by atoms with Gasteiger partial charge in [-0.3, -0.25) is 29.4 Å². The number of hydrogen-bond donors (Lipinski definition) is 0. The number of hydrogen-bond acceptors (Lipinski definition) is 6. The van der Waals surface area contributed by atoms with E-state index in [1.807, 2.05) is 31.2 Å². The maximum absolute atomic E-state index is 13.4. The second-order valence-corrected chi connectivity index (χ2v) is 7.52. The van der Waals surface area contributed by atoms with Crippen LogP contribution in [-0.4, -0.2) is 47.8 Å². The molecule has 0 N–H and O–H groups in total. The Morgan fingerprint density at radius 1 is 1.23 bits per heavy atom. The van der Waals surface area contributed by atoms with Gasteiger partial charge in [-0.05, 0) is 22.8 Å². The minimum absolute atomic E-state index is 0.176. The van der Waals surface area contributed by atoms with Crippen molar-refractivity contribution in [3.05, 3.63) is 58.1 Å². The highest BCUT2D eigenvalue weighted by Gasteiger charge is 2.63. The molecule has 0 saturated carbocycles. The molecule has 30 heavy (non-hydrogen) atoms. The van der Waals surface area contributed by atoms with Gasteiger partial charge in [-0.15, -0.1) is 0 Å². The molecule has 0 bridgehead atoms. The molecule has 2 amide bonds. The number of amides is 2. The second kappa shape index (κ2) is 8.61. The zero-order chi connectivity index (χ0) is 21.9. The molecule has 2 aromatic carbocycles. The molecule has 8 heteroatoms. The average Bonchev–Trinajstić information content (AvgIpc) is 2.99. The molecule has 2 aromatic rings. The van der Waals surface area contributed by atoms with Crippen molar-refractivity contribution in [3.63, 3.8) is 0 Å². The minimum atomic E-state index is -1.95. The molecule has 0 aromatic heterocycles. The molecule has 158 valence electrons. The Hall–Kier alpha value is -3.29. The molecule has 1 fully saturated rings. The monoisotopic (exact) mass is 412 g/mol. The van der Waals surface area contributed by atoms with Crippen LogP contribution < -0.4 is 0 Å². The molecule has 0 radical (unpaired) electrons. The van der Waals surface area contributed by atoms with Gasteiger partial charge < -0.3 is 4.74 Å². The van der Waals surface area contributed by atoms with E-state index in [1.54, 1.807) is 18.2 Å². The topological polar surface area (TPSA) is 107 Å². The summed E-state index contributed by atoms with van der Waals surface area (Å²) in [5, 5.41) is 13.3. The molecule has 1 aliphatic rings. The first-order valence-electron chi connectivity index (χ1n) is 9.88. The fourth-order valence-electron chi connectivity index (χ4n) is 4.18. The van der Waals surface area contributed by atoms with Gasteiger partial charge in [0.05, 0.1) is 19.4 Å². The Morgan fingerprint density at radius 2 is 1.93 bits per heavy atom. The van der Waals surface area contributed by atoms with Crippen molar-refractivity contribution >= 4 is 28.6 Å². The Kier molecular flexibility index (Phi) is 6.14. The number of methoxy groups -OCH3 is 1. The van der Waals surface area contributed by atoms with Gasteiger partial charge in [0.15, 0.2) is 5.41 Å². The van der Waals surface area contributed by atoms with Crippen molar-refractivity contribution in [3.8, 4) is 0 Å². The average molecular weight is 412 g/mol. The van der Waals surface area contributed by atoms with Crippen molar-refractivity contribution in [2.24, 2.45) is 5.41 Å². The van der Waals surface area contributed by atoms with E-state index >= 15 is 0 Å². The second-order valence-electron chi connectivity index (χ2n) is 7.52. The third-order valence-corrected chi connectivity index (χ3v) is 5.75. The number of benzene rings is 2. The molecule has 0 spiro atoms. The van der Waals surface area contributed by atoms with Crippen LogP contribution in [0, 0.1) is 15.5 Å². The zero-order valence-corrected chi connectivity index (χ0v) is 17.0. The molecular formula is C22H24N2O6. The lowest BCUT2D eigenvalue weighted by molar-refractivity contribution is -0.485. The van der Waals surface area contributed by atoms with Crippen LogP contribution in [0.25, 0.3) is 10.8 Å². The number of nitrogens with zero attached hydrogens (tertiary/aromatic N) is 2. The van der Waals surface area contributed by atoms with Crippen LogP contribution >= 0.6 is 0 Å². The van der Waals surface area contributed by atoms with Crippen LogP contribution in [0.15, 0.2) is 42.5 Å². The highest BCUT2D eigenvalue weighted by atomic mass is 16.6. The van der Waals surface area contributed by atoms with Gasteiger partial charge >= 0.3 is 5.97 Å². The van der Waals surface area contributed by atoms with E-state index in [2.05, 4.69) is 0 Å². The van der Waals surface area contributed by atoms with Crippen molar-refractivity contribution in [2.75, 3.05) is 20.2 Å². The van der Waals surface area contributed by atoms with Gasteiger partial charge in [-0.1, -0.05) is 55.8 Å². The summed E-state index contributed by atoms with van der Waals surface area (Å²) >= 11 is 0. The van der Waals surface area contributed by atoms with Crippen LogP contribution in [-0.2, 0) is 19.1 Å². The van der Waals surface area contributed by atoms with Crippen molar-refractivity contribution in [1.29, 1.82) is 0 Å². The summed E-state index contributed by atoms with van der Waals surface area (Å²) in [7, 11) is 1.13. The van der Waals surface area contributed by atoms with Gasteiger partial charge in [-0.2, -0.15) is 0 Å². The van der Waals surface area contributed by atoms with Crippen LogP contribution in [0.5, 0.6) is 0 Å². The van der Waals surface area contributed by atoms with Crippen molar-refractivity contribution < 1.29 is 24.0 Å². The summed E-state index contributed by atoms with van der Waals surface area (Å²) in [5.74, 6) is -3.27. The summed E-state index contributed by atoms with van der Waals surface area (Å²) in [4.78, 5) is 51.0. The number of carbonyl (C=O) groups excluding carboxylic acids is 3. The number of fused-ring (bicyclic) bond motifs is 1. The molecule has 2 atom stereocenters. The first kappa shape index (κ1) is 21.4. The van der Waals surface area contributed by atoms with Gasteiger partial charge in [0.2, 0.25) is 18.4 Å². The van der Waals surface area contributed by atoms with Crippen LogP contribution in [0.1, 0.15) is 37.7 Å². The van der Waals surface area contributed by atoms with Crippen LogP contribution in [0.2, 0.25) is 0 Å². The van der Waals surface area contributed by atoms with Gasteiger partial charge in [-0.25, -0.2) is 0 Å². The largest absolute Gasteiger partial charge is 0.468 e. The number of carbonyl (C=O) groups is 3. The molecule has 0 unspecified atom stereocenters. The number of nitro groups is 1. The highest BCUT2D eigenvalue weighted by Crippen LogP contribution is 2.47. The van der Waals surface area contributed by atoms with E-state index in [4.69, 9.17) is 4.74 Å². The van der Waals surface area contributed by atoms with Crippen LogP contribution in [0.3, 0.4) is 0 Å². The maximum Gasteiger partial charge on any atom is 0.322 e. The number of rotatable bonds is 8. The van der Waals surface area contributed by atoms with E-state index in [9.17, 15) is 24.5 Å². The summed E-state index contributed by atoms with van der Waals surface area (Å²) in [6.07, 6.45) is 0.906. The van der Waals surface area contributed by atoms with E-state index < -0.39 is 47.0 Å². The Bertz CT molecular complexity index is 1000. The summed E-state index contributed by atoms with van der Waals surface area (Å²) < 4.78 is 4.92. The van der Waals surface area contributed by atoms with E-state index in [1.165, 1.54) is 0 Å². The molecular weight excluding hydrogens is 388 g/mol. The normalized spacial score (nSPS) is 19.9. The van der Waals surface area contributed by atoms with Gasteiger partial charge in [0.25, 0.3) is 0 Å². The zero-order valence-electron chi connectivity index (χ0n) is 17.0. The first-order chi connectivity index (χ1) is 14.3. The lowest BCUT2D eigenvalue weighted by atomic mass is 9.70. The Morgan fingerprint density at radius 3 is 2.57 bits per heavy atom. The molecule has 1 aliphatic heterocycles. The van der Waals surface area contributed by atoms with E-state index in [0.717, 1.165) is 29.2 Å². The van der Waals surface area contributed by atoms with Gasteiger partial charge in [0, 0.05) is 11.5 Å². The third kappa shape index (κ3) is 3.65. The minimum Gasteiger partial charge on any atom is -0.468 e. The number of unbranched alkanes of at least 4 members (excludes halogenated alkanes) is 1. The van der Waals surface area contributed by atoms with Crippen molar-refractivity contribution in [1.82, 2.24) is 4.90 Å². The van der Waals surface area contributed by atoms with E-state index in [-0.39, 0.29) is 6.54 Å². The molecule has 0 aliphatic carbocycles. The molecule has 3 rings (SSSR count). The summed E-state index contributed by atoms with van der Waals surface area (Å²) in [6, 6.07) is 12.7. The third-order valence-electron chi connectivity index (χ3n) is 5.75. The molecule has 1 heterocycles. The molecule has 8 nitrogen and oxygen atoms in total. The van der Waals surface area contributed by atoms with E-state index in [0.29, 0.717) is 12.0 Å². The van der Waals surface area contributed by atoms with Crippen LogP contribution in [0.4, 0.5) is 0 Å². The Labute approximate surface area is 173 Å². The smallest absolute Gasteiger partial charge is 0.322 e. The summed E-state index contributed by atoms with van der Waals surface area (Å²) in [6.45, 7) is 1.42.